The molecule has 14 heteroatoms. The number of nitrogens with two attached hydrogens (primary N) is 2. The van der Waals surface area contributed by atoms with Crippen LogP contribution in [0.5, 0.6) is 5.75 Å². The molecule has 0 bridgehead atoms. The zero-order valence-corrected chi connectivity index (χ0v) is 18.6. The van der Waals surface area contributed by atoms with E-state index in [2.05, 4.69) is 19.9 Å². The highest BCUT2D eigenvalue weighted by molar-refractivity contribution is 5.91. The molecule has 2 fully saturated rings. The number of guanidine groups is 1. The number of aliphatic imine (C=N–C) groups is 1. The molecule has 2 aliphatic rings. The summed E-state index contributed by atoms with van der Waals surface area (Å²) in [6.45, 7) is 1.17. The lowest BCUT2D eigenvalue weighted by molar-refractivity contribution is -0.274. The molecule has 7 N–H and O–H groups in total. The zero-order valence-electron chi connectivity index (χ0n) is 18.6. The van der Waals surface area contributed by atoms with Crippen molar-refractivity contribution < 1.29 is 28.7 Å². The summed E-state index contributed by atoms with van der Waals surface area (Å²) >= 11 is 0. The van der Waals surface area contributed by atoms with Gasteiger partial charge in [0.05, 0.1) is 0 Å². The average Bonchev–Trinajstić information content (AvgIpc) is 3.21. The molecule has 1 aromatic heterocycles. The molecule has 0 unspecified atom stereocenters. The number of rotatable bonds is 3. The molecule has 4 rings (SSSR count). The minimum absolute atomic E-state index is 0. The Kier molecular flexibility index (Phi) is 7.02. The molecule has 34 heavy (non-hydrogen) atoms. The molecule has 188 valence electrons. The fraction of sp³-hybridized carbons (Fsp3) is 0.500. The first-order valence-electron chi connectivity index (χ1n) is 10.3. The van der Waals surface area contributed by atoms with Gasteiger partial charge in [0.2, 0.25) is 5.96 Å². The standard InChI is InChI=1S/C20H24F3N7O3.H3N.H2/c1-29(25)17(24)27-18(31)30-8-6-19(7-9-30)10-13(11-19)15-26-16(33-28-15)12-2-4-14(5-3-12)32-20(21,22)23;;/h2-5,13H,6-11,25H2,1H3,(H2,24,27,31);1H3;1H. The van der Waals surface area contributed by atoms with E-state index in [0.29, 0.717) is 24.5 Å². The lowest BCUT2D eigenvalue weighted by atomic mass is 9.57. The zero-order chi connectivity index (χ0) is 23.8. The highest BCUT2D eigenvalue weighted by Crippen LogP contribution is 2.56. The summed E-state index contributed by atoms with van der Waals surface area (Å²) in [5, 5.41) is 5.14. The maximum absolute atomic E-state index is 12.3. The van der Waals surface area contributed by atoms with Crippen molar-refractivity contribution in [2.75, 3.05) is 20.1 Å². The summed E-state index contributed by atoms with van der Waals surface area (Å²) in [5.74, 6) is 6.06. The van der Waals surface area contributed by atoms with Crippen LogP contribution >= 0.6 is 0 Å². The van der Waals surface area contributed by atoms with Crippen LogP contribution in [0, 0.1) is 5.41 Å². The van der Waals surface area contributed by atoms with E-state index in [1.807, 2.05) is 0 Å². The molecule has 1 saturated heterocycles. The number of hydrogen-bond donors (Lipinski definition) is 3. The molecule has 1 spiro atoms. The summed E-state index contributed by atoms with van der Waals surface area (Å²) in [6, 6.07) is 4.87. The van der Waals surface area contributed by atoms with Crippen LogP contribution < -0.4 is 22.5 Å². The van der Waals surface area contributed by atoms with Crippen LogP contribution in [0.4, 0.5) is 18.0 Å². The number of carbonyl (C=O) groups excluding carboxylic acids is 1. The molecule has 0 radical (unpaired) electrons. The number of halogens is 3. The largest absolute Gasteiger partial charge is 0.573 e. The molecule has 1 aliphatic carbocycles. The number of urea groups is 1. The second-order valence-electron chi connectivity index (χ2n) is 8.49. The van der Waals surface area contributed by atoms with Crippen molar-refractivity contribution in [3.8, 4) is 17.2 Å². The van der Waals surface area contributed by atoms with E-state index in [-0.39, 0.29) is 36.5 Å². The van der Waals surface area contributed by atoms with Crippen molar-refractivity contribution >= 4 is 12.0 Å². The first-order chi connectivity index (χ1) is 15.5. The quantitative estimate of drug-likeness (QED) is 0.255. The van der Waals surface area contributed by atoms with Crippen LogP contribution in [0.25, 0.3) is 11.5 Å². The van der Waals surface area contributed by atoms with Crippen LogP contribution in [0.3, 0.4) is 0 Å². The maximum atomic E-state index is 12.3. The smallest absolute Gasteiger partial charge is 0.406 e. The minimum Gasteiger partial charge on any atom is -0.406 e. The number of amides is 2. The summed E-state index contributed by atoms with van der Waals surface area (Å²) in [4.78, 5) is 22.1. The fourth-order valence-electron chi connectivity index (χ4n) is 4.31. The molecule has 2 aromatic rings. The number of nitrogens with zero attached hydrogens (tertiary/aromatic N) is 5. The first kappa shape index (κ1) is 25.2. The number of hydrogen-bond acceptors (Lipinski definition) is 7. The van der Waals surface area contributed by atoms with Crippen LogP contribution in [0.15, 0.2) is 33.8 Å². The van der Waals surface area contributed by atoms with Crippen LogP contribution in [0.2, 0.25) is 0 Å². The monoisotopic (exact) mass is 486 g/mol. The van der Waals surface area contributed by atoms with Gasteiger partial charge in [0.15, 0.2) is 5.82 Å². The third kappa shape index (κ3) is 5.56. The molecular weight excluding hydrogens is 457 g/mol. The van der Waals surface area contributed by atoms with Gasteiger partial charge in [0, 0.05) is 33.0 Å². The van der Waals surface area contributed by atoms with E-state index in [9.17, 15) is 18.0 Å². The van der Waals surface area contributed by atoms with Gasteiger partial charge in [-0.1, -0.05) is 5.16 Å². The number of hydrazine groups is 1. The number of alkyl halides is 3. The first-order valence-corrected chi connectivity index (χ1v) is 10.3. The van der Waals surface area contributed by atoms with Crippen molar-refractivity contribution in [1.82, 2.24) is 26.2 Å². The molecular formula is C20H29F3N8O3. The summed E-state index contributed by atoms with van der Waals surface area (Å²) in [5.41, 5.74) is 6.23. The second-order valence-corrected chi connectivity index (χ2v) is 8.49. The SMILES string of the molecule is CN(N)/C(N)=N\C(=O)N1CCC2(CC1)CC(c1noc(-c3ccc(OC(F)(F)F)cc3)n1)C2.N.[HH]. The molecule has 2 heterocycles. The van der Waals surface area contributed by atoms with Gasteiger partial charge in [0.1, 0.15) is 5.75 Å². The minimum atomic E-state index is -4.75. The topological polar surface area (TPSA) is 171 Å². The number of benzene rings is 1. The second kappa shape index (κ2) is 9.46. The maximum Gasteiger partial charge on any atom is 0.573 e. The fourth-order valence-corrected chi connectivity index (χ4v) is 4.31. The molecule has 2 amide bonds. The van der Waals surface area contributed by atoms with Gasteiger partial charge in [-0.3, -0.25) is 5.01 Å². The summed E-state index contributed by atoms with van der Waals surface area (Å²) in [6.07, 6.45) is -1.31. The Hall–Kier alpha value is -3.39. The van der Waals surface area contributed by atoms with Crippen molar-refractivity contribution in [1.29, 1.82) is 0 Å². The Bertz CT molecular complexity index is 1030. The number of piperidine rings is 1. The Labute approximate surface area is 194 Å². The van der Waals surface area contributed by atoms with Crippen molar-refractivity contribution in [3.05, 3.63) is 30.1 Å². The number of aromatic nitrogens is 2. The molecule has 1 aliphatic heterocycles. The van der Waals surface area contributed by atoms with Gasteiger partial charge in [-0.05, 0) is 55.4 Å². The van der Waals surface area contributed by atoms with Crippen LogP contribution in [-0.4, -0.2) is 58.5 Å². The normalized spacial score (nSPS) is 18.3. The summed E-state index contributed by atoms with van der Waals surface area (Å²) < 4.78 is 46.1. The highest BCUT2D eigenvalue weighted by atomic mass is 19.4. The summed E-state index contributed by atoms with van der Waals surface area (Å²) in [7, 11) is 1.51. The Morgan fingerprint density at radius 3 is 2.47 bits per heavy atom. The van der Waals surface area contributed by atoms with Gasteiger partial charge >= 0.3 is 12.4 Å². The van der Waals surface area contributed by atoms with E-state index in [4.69, 9.17) is 16.1 Å². The van der Waals surface area contributed by atoms with Gasteiger partial charge < -0.3 is 26.0 Å². The average molecular weight is 486 g/mol. The Morgan fingerprint density at radius 1 is 1.29 bits per heavy atom. The number of carbonyl (C=O) groups is 1. The van der Waals surface area contributed by atoms with E-state index < -0.39 is 12.4 Å². The molecule has 11 nitrogen and oxygen atoms in total. The predicted octanol–water partition coefficient (Wildman–Crippen LogP) is 3.24. The lowest BCUT2D eigenvalue weighted by Gasteiger charge is -2.51. The molecule has 1 aromatic carbocycles. The van der Waals surface area contributed by atoms with E-state index >= 15 is 0 Å². The third-order valence-corrected chi connectivity index (χ3v) is 6.17. The van der Waals surface area contributed by atoms with Crippen molar-refractivity contribution in [2.45, 2.75) is 38.0 Å². The lowest BCUT2D eigenvalue weighted by Crippen LogP contribution is -2.48. The van der Waals surface area contributed by atoms with Crippen LogP contribution in [0.1, 0.15) is 38.9 Å². The van der Waals surface area contributed by atoms with E-state index in [0.717, 1.165) is 30.7 Å². The van der Waals surface area contributed by atoms with Crippen LogP contribution in [-0.2, 0) is 0 Å². The predicted molar refractivity (Wildman–Crippen MR) is 118 cm³/mol. The van der Waals surface area contributed by atoms with Gasteiger partial charge in [-0.2, -0.15) is 9.98 Å². The van der Waals surface area contributed by atoms with Gasteiger partial charge in [-0.15, -0.1) is 13.2 Å². The van der Waals surface area contributed by atoms with E-state index in [1.54, 1.807) is 4.90 Å². The Balaban J connectivity index is 0.00000216. The molecule has 0 atom stereocenters. The van der Waals surface area contributed by atoms with Crippen molar-refractivity contribution in [2.24, 2.45) is 22.0 Å². The number of ether oxygens (including phenoxy) is 1. The number of likely N-dealkylation sites (tertiary alicyclic amines) is 1. The van der Waals surface area contributed by atoms with E-state index in [1.165, 1.54) is 31.3 Å². The third-order valence-electron chi connectivity index (χ3n) is 6.17. The molecule has 1 saturated carbocycles. The van der Waals surface area contributed by atoms with Gasteiger partial charge in [0.25, 0.3) is 5.89 Å². The highest BCUT2D eigenvalue weighted by Gasteiger charge is 2.48. The van der Waals surface area contributed by atoms with Crippen molar-refractivity contribution in [3.63, 3.8) is 0 Å². The van der Waals surface area contributed by atoms with Gasteiger partial charge in [-0.25, -0.2) is 10.6 Å². The Morgan fingerprint density at radius 2 is 1.91 bits per heavy atom.